The molecule has 4 heterocycles. The summed E-state index contributed by atoms with van der Waals surface area (Å²) in [6.07, 6.45) is 13.7. The van der Waals surface area contributed by atoms with Crippen LogP contribution in [0.3, 0.4) is 0 Å². The average molecular weight is 1400 g/mol. The number of hydrogen-bond acceptors (Lipinski definition) is 24. The number of aromatic nitrogens is 4. The summed E-state index contributed by atoms with van der Waals surface area (Å²) in [5.41, 5.74) is 11.1. The summed E-state index contributed by atoms with van der Waals surface area (Å²) >= 11 is 0. The summed E-state index contributed by atoms with van der Waals surface area (Å²) in [5.74, 6) is -0.341. The van der Waals surface area contributed by atoms with Gasteiger partial charge in [0.2, 0.25) is 17.7 Å². The predicted octanol–water partition coefficient (Wildman–Crippen LogP) is 6.32. The minimum absolute atomic E-state index is 0.00543. The van der Waals surface area contributed by atoms with Crippen molar-refractivity contribution in [2.45, 2.75) is 248 Å². The van der Waals surface area contributed by atoms with E-state index in [1.807, 2.05) is 13.8 Å². The zero-order valence-corrected chi connectivity index (χ0v) is 59.0. The Labute approximate surface area is 567 Å². The predicted molar refractivity (Wildman–Crippen MR) is 359 cm³/mol. The molecule has 0 saturated carbocycles. The van der Waals surface area contributed by atoms with Crippen molar-refractivity contribution >= 4 is 74.5 Å². The van der Waals surface area contributed by atoms with Gasteiger partial charge in [0.1, 0.15) is 64.3 Å². The van der Waals surface area contributed by atoms with Gasteiger partial charge in [0.15, 0.2) is 11.5 Å². The average Bonchev–Trinajstić information content (AvgIpc) is 1.64. The molecule has 3 amide bonds. The summed E-state index contributed by atoms with van der Waals surface area (Å²) < 4.78 is 62.6. The van der Waals surface area contributed by atoms with Gasteiger partial charge in [-0.05, 0) is 104 Å². The molecular weight excluding hydrogens is 1290 g/mol. The first-order chi connectivity index (χ1) is 46.1. The van der Waals surface area contributed by atoms with Gasteiger partial charge < -0.3 is 75.4 Å². The maximum Gasteiger partial charge on any atom is 0.472 e. The van der Waals surface area contributed by atoms with E-state index >= 15 is 0 Å². The van der Waals surface area contributed by atoms with Crippen LogP contribution in [-0.4, -0.2) is 214 Å². The van der Waals surface area contributed by atoms with Crippen LogP contribution in [0.15, 0.2) is 12.7 Å². The van der Waals surface area contributed by atoms with Crippen molar-refractivity contribution in [3.05, 3.63) is 12.7 Å². The zero-order valence-electron chi connectivity index (χ0n) is 57.1. The number of methoxy groups -OCH3 is 1. The number of Topliss-reactive ketones (excluding diaryl/α,β-unsaturated/α-hetero) is 4. The molecule has 96 heavy (non-hydrogen) atoms. The Bertz CT molecular complexity index is 2610. The van der Waals surface area contributed by atoms with E-state index < -0.39 is 49.3 Å². The normalized spacial score (nSPS) is 18.7. The van der Waals surface area contributed by atoms with Crippen molar-refractivity contribution in [1.29, 1.82) is 0 Å². The van der Waals surface area contributed by atoms with Crippen LogP contribution in [0, 0.1) is 0 Å². The molecule has 10 N–H and O–H groups in total. The van der Waals surface area contributed by atoms with E-state index in [0.29, 0.717) is 146 Å². The highest BCUT2D eigenvalue weighted by molar-refractivity contribution is 7.47. The molecule has 2 aromatic heterocycles. The SMILES string of the molecule is COC(C)(C)POC[C@H]1O[C@@H](n2cnc3c(N)ncnc32)C[C@@H]1OP(=O)(O)OC[C@@H]1C[C@@H](O)CN1C(=O)CCCCCCCCC(=O)NC(COCCC(=O)CCCCN)(COCCC(=O)CCCCCC(=O)CCCCO)COCCC(=O)NCCCCC(=O)CCCCO. The standard InChI is InChI=1S/C65H113N9O20P2/c1-64(2,87-3)95-91-43-56-55(40-60(93-56)74-48-71-61-62(67)69-47-70-63(61)74)94-96(85,86)92-42-49-39-54(81)41-73(49)59(84)28-12-7-5-4-6-11-27-58(83)72-65(45-89-37-30-53(80)23-13-17-32-66,44-88-36-29-52(79)22-10-8-9-21-50(77)25-15-19-34-75)46-90-38-31-57(82)68-33-18-14-24-51(78)26-16-20-35-76/h47-49,54-56,60,75-76,81,95H,4-46,66H2,1-3H3,(H,68,82)(H,72,83)(H,85,86)(H2,67,69,70)/t49-,54+,55-,56+,60+,65?/m0/s1. The number of likely N-dealkylation sites (tertiary alicyclic amines) is 1. The van der Waals surface area contributed by atoms with Crippen LogP contribution < -0.4 is 22.1 Å². The molecule has 0 aromatic carbocycles. The molecule has 2 aromatic rings. The highest BCUT2D eigenvalue weighted by atomic mass is 31.2. The highest BCUT2D eigenvalue weighted by Crippen LogP contribution is 2.49. The number of anilines is 1. The lowest BCUT2D eigenvalue weighted by Gasteiger charge is -2.34. The number of amides is 3. The van der Waals surface area contributed by atoms with Gasteiger partial charge in [-0.3, -0.25) is 47.2 Å². The summed E-state index contributed by atoms with van der Waals surface area (Å²) in [6.45, 7) is 4.12. The molecule has 0 aliphatic carbocycles. The van der Waals surface area contributed by atoms with Gasteiger partial charge in [0.05, 0.1) is 71.3 Å². The van der Waals surface area contributed by atoms with E-state index in [1.165, 1.54) is 17.6 Å². The minimum atomic E-state index is -4.79. The van der Waals surface area contributed by atoms with Gasteiger partial charge in [-0.2, -0.15) is 0 Å². The number of ether oxygens (including phenoxy) is 5. The Morgan fingerprint density at radius 2 is 1.21 bits per heavy atom. The fourth-order valence-electron chi connectivity index (χ4n) is 11.1. The second-order valence-corrected chi connectivity index (χ2v) is 28.7. The molecule has 0 bridgehead atoms. The zero-order chi connectivity index (χ0) is 70.0. The topological polar surface area (TPSA) is 414 Å². The summed E-state index contributed by atoms with van der Waals surface area (Å²) in [5, 5.41) is 34.0. The number of nitrogen functional groups attached to an aromatic ring is 1. The number of nitrogens with zero attached hydrogens (tertiary/aromatic N) is 5. The number of carbonyl (C=O) groups excluding carboxylic acids is 7. The number of carbonyl (C=O) groups is 7. The Hall–Kier alpha value is -4.42. The number of unbranched alkanes of at least 4 members (excludes halogenated alkanes) is 11. The van der Waals surface area contributed by atoms with Crippen LogP contribution in [0.5, 0.6) is 0 Å². The summed E-state index contributed by atoms with van der Waals surface area (Å²) in [6, 6.07) is -0.695. The molecular formula is C65H113N9O20P2. The van der Waals surface area contributed by atoms with Gasteiger partial charge in [-0.15, -0.1) is 0 Å². The lowest BCUT2D eigenvalue weighted by atomic mass is 10.0. The molecule has 3 unspecified atom stereocenters. The highest BCUT2D eigenvalue weighted by Gasteiger charge is 2.44. The molecule has 2 fully saturated rings. The number of nitrogens with one attached hydrogen (secondary N) is 2. The lowest BCUT2D eigenvalue weighted by Crippen LogP contribution is -2.58. The minimum Gasteiger partial charge on any atom is -0.396 e. The molecule has 0 radical (unpaired) electrons. The van der Waals surface area contributed by atoms with Gasteiger partial charge in [0, 0.05) is 119 Å². The molecule has 8 atom stereocenters. The quantitative estimate of drug-likeness (QED) is 0.0265. The molecule has 548 valence electrons. The monoisotopic (exact) mass is 1400 g/mol. The van der Waals surface area contributed by atoms with E-state index in [4.69, 9.17) is 58.9 Å². The van der Waals surface area contributed by atoms with Crippen LogP contribution in [0.4, 0.5) is 5.82 Å². The second kappa shape index (κ2) is 47.6. The molecule has 4 rings (SSSR count). The second-order valence-electron chi connectivity index (χ2n) is 25.6. The van der Waals surface area contributed by atoms with Crippen molar-refractivity contribution in [3.8, 4) is 0 Å². The number of aliphatic hydroxyl groups excluding tert-OH is 3. The maximum absolute atomic E-state index is 13.9. The Balaban J connectivity index is 1.28. The van der Waals surface area contributed by atoms with Gasteiger partial charge in [0.25, 0.3) is 0 Å². The lowest BCUT2D eigenvalue weighted by molar-refractivity contribution is -0.133. The van der Waals surface area contributed by atoms with Crippen molar-refractivity contribution < 1.29 is 95.6 Å². The van der Waals surface area contributed by atoms with Gasteiger partial charge >= 0.3 is 7.82 Å². The summed E-state index contributed by atoms with van der Waals surface area (Å²) in [4.78, 5) is 115. The number of imidazole rings is 1. The van der Waals surface area contributed by atoms with Crippen molar-refractivity contribution in [3.63, 3.8) is 0 Å². The van der Waals surface area contributed by atoms with E-state index in [-0.39, 0.29) is 173 Å². The first kappa shape index (κ1) is 84.0. The first-order valence-corrected chi connectivity index (χ1v) is 37.0. The van der Waals surface area contributed by atoms with Crippen molar-refractivity contribution in [2.75, 3.05) is 98.5 Å². The smallest absolute Gasteiger partial charge is 0.396 e. The van der Waals surface area contributed by atoms with Gasteiger partial charge in [-0.1, -0.05) is 32.1 Å². The van der Waals surface area contributed by atoms with E-state index in [9.17, 15) is 48.1 Å². The Morgan fingerprint density at radius 3 is 1.80 bits per heavy atom. The van der Waals surface area contributed by atoms with Crippen molar-refractivity contribution in [2.24, 2.45) is 5.73 Å². The fraction of sp³-hybridized carbons (Fsp3) is 0.815. The molecule has 29 nitrogen and oxygen atoms in total. The number of β-amino-alcohol motifs (C(OH)–C–C–N with tert-alkyl or cyclic N) is 1. The largest absolute Gasteiger partial charge is 0.472 e. The Kier molecular flexibility index (Phi) is 41.6. The number of aliphatic hydroxyl groups is 3. The number of rotatable bonds is 59. The van der Waals surface area contributed by atoms with Crippen LogP contribution >= 0.6 is 16.6 Å². The number of phosphoric ester groups is 1. The third-order valence-electron chi connectivity index (χ3n) is 16.7. The Morgan fingerprint density at radius 1 is 0.677 bits per heavy atom. The third kappa shape index (κ3) is 34.6. The fourth-order valence-corrected chi connectivity index (χ4v) is 12.7. The van der Waals surface area contributed by atoms with E-state index in [0.717, 1.165) is 25.7 Å². The number of nitrogens with two attached hydrogens (primary N) is 2. The van der Waals surface area contributed by atoms with Crippen LogP contribution in [0.25, 0.3) is 11.2 Å². The first-order valence-electron chi connectivity index (χ1n) is 34.6. The maximum atomic E-state index is 13.9. The molecule has 2 aliphatic heterocycles. The van der Waals surface area contributed by atoms with Crippen LogP contribution in [0.1, 0.15) is 213 Å². The molecule has 0 spiro atoms. The number of hydrogen-bond donors (Lipinski definition) is 8. The number of ketones is 4. The molecule has 2 saturated heterocycles. The molecule has 31 heteroatoms. The third-order valence-corrected chi connectivity index (χ3v) is 18.7. The van der Waals surface area contributed by atoms with Crippen molar-refractivity contribution in [1.82, 2.24) is 35.1 Å². The van der Waals surface area contributed by atoms with E-state index in [1.54, 1.807) is 11.7 Å². The number of fused-ring (bicyclic) bond motifs is 1. The van der Waals surface area contributed by atoms with E-state index in [2.05, 4.69) is 25.6 Å². The van der Waals surface area contributed by atoms with Crippen LogP contribution in [-0.2, 0) is 75.4 Å². The van der Waals surface area contributed by atoms with Gasteiger partial charge in [-0.25, -0.2) is 19.5 Å². The molecule has 2 aliphatic rings. The number of phosphoric acid groups is 1. The van der Waals surface area contributed by atoms with Crippen LogP contribution in [0.2, 0.25) is 0 Å². The summed E-state index contributed by atoms with van der Waals surface area (Å²) in [7, 11) is -3.32.